The number of aryl methyl sites for hydroxylation is 1. The quantitative estimate of drug-likeness (QED) is 0.894. The number of nitrogens with one attached hydrogen (secondary N) is 1. The lowest BCUT2D eigenvalue weighted by Gasteiger charge is -2.12. The summed E-state index contributed by atoms with van der Waals surface area (Å²) in [5.74, 6) is 0.631. The molecule has 0 saturated carbocycles. The van der Waals surface area contributed by atoms with Gasteiger partial charge < -0.3 is 11.1 Å². The SMILES string of the molecule is CCc1cnc(C(C)Nc2ccc(N)c(C#N)n2)s1. The van der Waals surface area contributed by atoms with E-state index >= 15 is 0 Å². The Balaban J connectivity index is 2.14. The fourth-order valence-corrected chi connectivity index (χ4v) is 2.47. The molecule has 19 heavy (non-hydrogen) atoms. The molecule has 0 saturated heterocycles. The van der Waals surface area contributed by atoms with Crippen molar-refractivity contribution in [3.63, 3.8) is 0 Å². The fraction of sp³-hybridized carbons (Fsp3) is 0.308. The number of rotatable bonds is 4. The topological polar surface area (TPSA) is 87.6 Å². The molecule has 3 N–H and O–H groups in total. The molecule has 1 unspecified atom stereocenters. The van der Waals surface area contributed by atoms with E-state index in [1.807, 2.05) is 19.2 Å². The molecule has 2 aromatic heterocycles. The summed E-state index contributed by atoms with van der Waals surface area (Å²) in [5.41, 5.74) is 6.27. The van der Waals surface area contributed by atoms with Gasteiger partial charge in [-0.05, 0) is 25.5 Å². The highest BCUT2D eigenvalue weighted by Crippen LogP contribution is 2.24. The monoisotopic (exact) mass is 273 g/mol. The van der Waals surface area contributed by atoms with Gasteiger partial charge in [-0.2, -0.15) is 5.26 Å². The first kappa shape index (κ1) is 13.3. The molecule has 0 radical (unpaired) electrons. The van der Waals surface area contributed by atoms with Gasteiger partial charge >= 0.3 is 0 Å². The number of nitriles is 1. The fourth-order valence-electron chi connectivity index (χ4n) is 1.61. The van der Waals surface area contributed by atoms with E-state index in [0.29, 0.717) is 11.5 Å². The standard InChI is InChI=1S/C13H15N5S/c1-3-9-7-16-13(19-9)8(2)17-12-5-4-10(15)11(6-14)18-12/h4-5,7-8H,3,15H2,1-2H3,(H,17,18). The zero-order valence-electron chi connectivity index (χ0n) is 10.8. The molecular weight excluding hydrogens is 258 g/mol. The molecule has 0 aliphatic carbocycles. The second-order valence-electron chi connectivity index (χ2n) is 4.13. The molecule has 0 aromatic carbocycles. The molecule has 0 fully saturated rings. The molecule has 2 heterocycles. The minimum atomic E-state index is 0.0490. The van der Waals surface area contributed by atoms with E-state index in [2.05, 4.69) is 22.2 Å². The average Bonchev–Trinajstić information content (AvgIpc) is 2.90. The molecule has 0 bridgehead atoms. The van der Waals surface area contributed by atoms with Crippen LogP contribution in [0.4, 0.5) is 11.5 Å². The van der Waals surface area contributed by atoms with Crippen molar-refractivity contribution in [3.8, 4) is 6.07 Å². The summed E-state index contributed by atoms with van der Waals surface area (Å²) in [4.78, 5) is 9.80. The highest BCUT2D eigenvalue weighted by atomic mass is 32.1. The van der Waals surface area contributed by atoms with Crippen molar-refractivity contribution in [1.29, 1.82) is 5.26 Å². The van der Waals surface area contributed by atoms with Gasteiger partial charge in [0.25, 0.3) is 0 Å². The first-order chi connectivity index (χ1) is 9.13. The third-order valence-corrected chi connectivity index (χ3v) is 4.01. The summed E-state index contributed by atoms with van der Waals surface area (Å²) in [6.45, 7) is 4.12. The van der Waals surface area contributed by atoms with E-state index in [0.717, 1.165) is 11.4 Å². The summed E-state index contributed by atoms with van der Waals surface area (Å²) in [6, 6.07) is 5.47. The number of aromatic nitrogens is 2. The van der Waals surface area contributed by atoms with Crippen molar-refractivity contribution in [2.75, 3.05) is 11.1 Å². The van der Waals surface area contributed by atoms with Gasteiger partial charge in [-0.25, -0.2) is 9.97 Å². The van der Waals surface area contributed by atoms with Gasteiger partial charge in [0.15, 0.2) is 5.69 Å². The summed E-state index contributed by atoms with van der Waals surface area (Å²) < 4.78 is 0. The number of thiazole rings is 1. The van der Waals surface area contributed by atoms with E-state index in [9.17, 15) is 0 Å². The largest absolute Gasteiger partial charge is 0.396 e. The third kappa shape index (κ3) is 3.01. The van der Waals surface area contributed by atoms with Crippen LogP contribution in [0.15, 0.2) is 18.3 Å². The third-order valence-electron chi connectivity index (χ3n) is 2.69. The van der Waals surface area contributed by atoms with Crippen molar-refractivity contribution in [1.82, 2.24) is 9.97 Å². The Kier molecular flexibility index (Phi) is 3.97. The second kappa shape index (κ2) is 5.67. The minimum Gasteiger partial charge on any atom is -0.396 e. The van der Waals surface area contributed by atoms with Crippen LogP contribution in [0.5, 0.6) is 0 Å². The van der Waals surface area contributed by atoms with Crippen molar-refractivity contribution in [3.05, 3.63) is 33.9 Å². The summed E-state index contributed by atoms with van der Waals surface area (Å²) in [5, 5.41) is 13.1. The lowest BCUT2D eigenvalue weighted by Crippen LogP contribution is -2.08. The van der Waals surface area contributed by atoms with E-state index in [1.165, 1.54) is 4.88 Å². The molecule has 2 aromatic rings. The summed E-state index contributed by atoms with van der Waals surface area (Å²) >= 11 is 1.68. The molecular formula is C13H15N5S. The Hall–Kier alpha value is -2.13. The maximum Gasteiger partial charge on any atom is 0.165 e. The number of nitrogens with two attached hydrogens (primary N) is 1. The molecule has 0 amide bonds. The normalized spacial score (nSPS) is 11.8. The Bertz CT molecular complexity index is 614. The Morgan fingerprint density at radius 3 is 2.95 bits per heavy atom. The van der Waals surface area contributed by atoms with Gasteiger partial charge in [-0.15, -0.1) is 11.3 Å². The zero-order chi connectivity index (χ0) is 13.8. The Morgan fingerprint density at radius 1 is 1.53 bits per heavy atom. The maximum atomic E-state index is 8.90. The average molecular weight is 273 g/mol. The molecule has 5 nitrogen and oxygen atoms in total. The second-order valence-corrected chi connectivity index (χ2v) is 5.28. The lowest BCUT2D eigenvalue weighted by atomic mass is 10.3. The van der Waals surface area contributed by atoms with Crippen LogP contribution in [0, 0.1) is 11.3 Å². The van der Waals surface area contributed by atoms with Gasteiger partial charge in [0, 0.05) is 11.1 Å². The van der Waals surface area contributed by atoms with Crippen molar-refractivity contribution < 1.29 is 0 Å². The van der Waals surface area contributed by atoms with E-state index in [4.69, 9.17) is 11.0 Å². The van der Waals surface area contributed by atoms with Crippen LogP contribution in [0.1, 0.15) is 35.5 Å². The van der Waals surface area contributed by atoms with Crippen LogP contribution in [0.25, 0.3) is 0 Å². The van der Waals surface area contributed by atoms with Crippen LogP contribution in [-0.2, 0) is 6.42 Å². The molecule has 1 atom stereocenters. The molecule has 2 rings (SSSR count). The molecule has 98 valence electrons. The Labute approximate surface area is 116 Å². The number of anilines is 2. The van der Waals surface area contributed by atoms with Crippen LogP contribution in [0.2, 0.25) is 0 Å². The van der Waals surface area contributed by atoms with Crippen molar-refractivity contribution in [2.24, 2.45) is 0 Å². The van der Waals surface area contributed by atoms with Gasteiger partial charge in [-0.1, -0.05) is 6.92 Å². The minimum absolute atomic E-state index is 0.0490. The highest BCUT2D eigenvalue weighted by Gasteiger charge is 2.11. The summed E-state index contributed by atoms with van der Waals surface area (Å²) in [6.07, 6.45) is 2.89. The number of pyridine rings is 1. The highest BCUT2D eigenvalue weighted by molar-refractivity contribution is 7.11. The van der Waals surface area contributed by atoms with Crippen LogP contribution >= 0.6 is 11.3 Å². The van der Waals surface area contributed by atoms with Crippen LogP contribution in [-0.4, -0.2) is 9.97 Å². The number of hydrogen-bond acceptors (Lipinski definition) is 6. The van der Waals surface area contributed by atoms with E-state index in [1.54, 1.807) is 23.5 Å². The van der Waals surface area contributed by atoms with E-state index in [-0.39, 0.29) is 11.7 Å². The van der Waals surface area contributed by atoms with Gasteiger partial charge in [-0.3, -0.25) is 0 Å². The summed E-state index contributed by atoms with van der Waals surface area (Å²) in [7, 11) is 0. The molecule has 0 aliphatic heterocycles. The predicted octanol–water partition coefficient (Wildman–Crippen LogP) is 2.73. The first-order valence-corrected chi connectivity index (χ1v) is 6.83. The number of hydrogen-bond donors (Lipinski definition) is 2. The first-order valence-electron chi connectivity index (χ1n) is 6.01. The molecule has 0 spiro atoms. The van der Waals surface area contributed by atoms with E-state index < -0.39 is 0 Å². The maximum absolute atomic E-state index is 8.90. The van der Waals surface area contributed by atoms with Gasteiger partial charge in [0.2, 0.25) is 0 Å². The van der Waals surface area contributed by atoms with Gasteiger partial charge in [0.05, 0.1) is 11.7 Å². The van der Waals surface area contributed by atoms with Crippen LogP contribution < -0.4 is 11.1 Å². The van der Waals surface area contributed by atoms with Crippen molar-refractivity contribution in [2.45, 2.75) is 26.3 Å². The lowest BCUT2D eigenvalue weighted by molar-refractivity contribution is 0.860. The zero-order valence-corrected chi connectivity index (χ0v) is 11.7. The molecule has 0 aliphatic rings. The Morgan fingerprint density at radius 2 is 2.32 bits per heavy atom. The predicted molar refractivity (Wildman–Crippen MR) is 76.9 cm³/mol. The van der Waals surface area contributed by atoms with Crippen LogP contribution in [0.3, 0.4) is 0 Å². The number of nitrogen functional groups attached to an aromatic ring is 1. The molecule has 6 heteroatoms. The number of nitrogens with zero attached hydrogens (tertiary/aromatic N) is 3. The van der Waals surface area contributed by atoms with Gasteiger partial charge in [0.1, 0.15) is 16.9 Å². The van der Waals surface area contributed by atoms with Crippen molar-refractivity contribution >= 4 is 22.8 Å². The smallest absolute Gasteiger partial charge is 0.165 e.